The van der Waals surface area contributed by atoms with Gasteiger partial charge in [0.05, 0.1) is 30.9 Å². The van der Waals surface area contributed by atoms with Crippen molar-refractivity contribution in [3.05, 3.63) is 64.5 Å². The summed E-state index contributed by atoms with van der Waals surface area (Å²) in [5.41, 5.74) is 6.68. The molecule has 182 valence electrons. The number of nitrogens with two attached hydrogens (primary N) is 1. The van der Waals surface area contributed by atoms with Crippen LogP contribution in [0.4, 0.5) is 17.6 Å². The molecular formula is C25H31F4NO3. The number of rotatable bonds is 8. The molecule has 1 aliphatic rings. The van der Waals surface area contributed by atoms with Crippen LogP contribution in [-0.4, -0.2) is 31.1 Å². The van der Waals surface area contributed by atoms with Gasteiger partial charge >= 0.3 is 6.18 Å². The van der Waals surface area contributed by atoms with Gasteiger partial charge < -0.3 is 19.9 Å². The number of alkyl halides is 3. The van der Waals surface area contributed by atoms with E-state index in [0.29, 0.717) is 36.8 Å². The summed E-state index contributed by atoms with van der Waals surface area (Å²) in [5.74, 6) is -1.27. The minimum Gasteiger partial charge on any atom is -0.493 e. The van der Waals surface area contributed by atoms with Crippen molar-refractivity contribution in [1.29, 1.82) is 0 Å². The number of benzene rings is 2. The standard InChI is InChI=1S/C25H31F4NO3/c1-17-6-8-21(26)19(13-17)5-4-12-31-22-9-7-18(14-20(22)25(27,28)29)10-11-24(30)15-32-23(2,3)33-16-24/h6-9,13-14H,4-5,10-12,15-16,30H2,1-3H3. The number of aryl methyl sites for hydroxylation is 3. The highest BCUT2D eigenvalue weighted by molar-refractivity contribution is 5.39. The molecule has 3 rings (SSSR count). The Labute approximate surface area is 192 Å². The lowest BCUT2D eigenvalue weighted by Crippen LogP contribution is -2.57. The predicted molar refractivity (Wildman–Crippen MR) is 118 cm³/mol. The molecule has 0 spiro atoms. The molecule has 1 saturated heterocycles. The molecule has 2 aromatic carbocycles. The first-order valence-electron chi connectivity index (χ1n) is 11.0. The highest BCUT2D eigenvalue weighted by Crippen LogP contribution is 2.37. The highest BCUT2D eigenvalue weighted by atomic mass is 19.4. The first-order chi connectivity index (χ1) is 15.4. The van der Waals surface area contributed by atoms with Crippen LogP contribution in [0.2, 0.25) is 0 Å². The number of halogens is 4. The summed E-state index contributed by atoms with van der Waals surface area (Å²) in [6, 6.07) is 8.86. The van der Waals surface area contributed by atoms with Crippen LogP contribution < -0.4 is 10.5 Å². The lowest BCUT2D eigenvalue weighted by atomic mass is 9.92. The second-order valence-corrected chi connectivity index (χ2v) is 9.21. The van der Waals surface area contributed by atoms with Gasteiger partial charge in [0, 0.05) is 0 Å². The van der Waals surface area contributed by atoms with Gasteiger partial charge in [-0.1, -0.05) is 23.8 Å². The van der Waals surface area contributed by atoms with Crippen molar-refractivity contribution in [3.63, 3.8) is 0 Å². The number of ether oxygens (including phenoxy) is 3. The molecule has 1 heterocycles. The van der Waals surface area contributed by atoms with Crippen molar-refractivity contribution in [3.8, 4) is 5.75 Å². The van der Waals surface area contributed by atoms with Gasteiger partial charge in [-0.25, -0.2) is 4.39 Å². The number of hydrogen-bond acceptors (Lipinski definition) is 4. The van der Waals surface area contributed by atoms with Crippen LogP contribution in [0.3, 0.4) is 0 Å². The Morgan fingerprint density at radius 2 is 1.73 bits per heavy atom. The van der Waals surface area contributed by atoms with Crippen LogP contribution in [0.5, 0.6) is 5.75 Å². The predicted octanol–water partition coefficient (Wildman–Crippen LogP) is 5.58. The quantitative estimate of drug-likeness (QED) is 0.405. The summed E-state index contributed by atoms with van der Waals surface area (Å²) < 4.78 is 71.5. The Balaban J connectivity index is 1.60. The molecule has 0 amide bonds. The summed E-state index contributed by atoms with van der Waals surface area (Å²) in [4.78, 5) is 0. The maximum atomic E-state index is 13.8. The smallest absolute Gasteiger partial charge is 0.419 e. The van der Waals surface area contributed by atoms with E-state index in [1.165, 1.54) is 12.1 Å². The molecule has 0 aliphatic carbocycles. The molecule has 0 bridgehead atoms. The highest BCUT2D eigenvalue weighted by Gasteiger charge is 2.38. The van der Waals surface area contributed by atoms with Gasteiger partial charge in [0.2, 0.25) is 0 Å². The third-order valence-corrected chi connectivity index (χ3v) is 5.72. The molecule has 0 unspecified atom stereocenters. The topological polar surface area (TPSA) is 53.7 Å². The first-order valence-corrected chi connectivity index (χ1v) is 11.0. The van der Waals surface area contributed by atoms with Gasteiger partial charge in [-0.2, -0.15) is 13.2 Å². The van der Waals surface area contributed by atoms with Crippen molar-refractivity contribution >= 4 is 0 Å². The van der Waals surface area contributed by atoms with Crippen molar-refractivity contribution in [1.82, 2.24) is 0 Å². The van der Waals surface area contributed by atoms with Gasteiger partial charge in [0.15, 0.2) is 5.79 Å². The van der Waals surface area contributed by atoms with Crippen molar-refractivity contribution < 1.29 is 31.8 Å². The van der Waals surface area contributed by atoms with Crippen LogP contribution in [0.1, 0.15) is 48.9 Å². The molecule has 1 fully saturated rings. The van der Waals surface area contributed by atoms with Gasteiger partial charge in [-0.3, -0.25) is 0 Å². The van der Waals surface area contributed by atoms with Crippen LogP contribution in [0, 0.1) is 12.7 Å². The molecule has 8 heteroatoms. The van der Waals surface area contributed by atoms with E-state index < -0.39 is 23.1 Å². The van der Waals surface area contributed by atoms with Gasteiger partial charge in [-0.15, -0.1) is 0 Å². The van der Waals surface area contributed by atoms with E-state index in [-0.39, 0.29) is 31.4 Å². The van der Waals surface area contributed by atoms with E-state index in [2.05, 4.69) is 0 Å². The average molecular weight is 470 g/mol. The molecule has 1 aliphatic heterocycles. The molecular weight excluding hydrogens is 438 g/mol. The summed E-state index contributed by atoms with van der Waals surface area (Å²) >= 11 is 0. The van der Waals surface area contributed by atoms with E-state index in [4.69, 9.17) is 19.9 Å². The molecule has 4 nitrogen and oxygen atoms in total. The molecule has 2 N–H and O–H groups in total. The third kappa shape index (κ3) is 7.16. The maximum absolute atomic E-state index is 13.8. The Kier molecular flexibility index (Phi) is 7.71. The molecule has 0 aromatic heterocycles. The van der Waals surface area contributed by atoms with Crippen LogP contribution in [-0.2, 0) is 28.5 Å². The Morgan fingerprint density at radius 1 is 1.03 bits per heavy atom. The lowest BCUT2D eigenvalue weighted by Gasteiger charge is -2.41. The Hall–Kier alpha value is -2.16. The van der Waals surface area contributed by atoms with E-state index in [1.54, 1.807) is 32.0 Å². The van der Waals surface area contributed by atoms with Crippen molar-refractivity contribution in [2.24, 2.45) is 5.73 Å². The second-order valence-electron chi connectivity index (χ2n) is 9.21. The third-order valence-electron chi connectivity index (χ3n) is 5.72. The Bertz CT molecular complexity index is 949. The summed E-state index contributed by atoms with van der Waals surface area (Å²) in [6.07, 6.45) is -3.02. The maximum Gasteiger partial charge on any atom is 0.419 e. The molecule has 0 atom stereocenters. The summed E-state index contributed by atoms with van der Waals surface area (Å²) in [5, 5.41) is 0. The normalized spacial score (nSPS) is 17.7. The van der Waals surface area contributed by atoms with Crippen LogP contribution in [0.25, 0.3) is 0 Å². The van der Waals surface area contributed by atoms with E-state index >= 15 is 0 Å². The van der Waals surface area contributed by atoms with Crippen molar-refractivity contribution in [2.45, 2.75) is 64.0 Å². The Morgan fingerprint density at radius 3 is 2.39 bits per heavy atom. The van der Waals surface area contributed by atoms with Crippen molar-refractivity contribution in [2.75, 3.05) is 19.8 Å². The summed E-state index contributed by atoms with van der Waals surface area (Å²) in [6.45, 7) is 6.03. The van der Waals surface area contributed by atoms with E-state index in [9.17, 15) is 17.6 Å². The summed E-state index contributed by atoms with van der Waals surface area (Å²) in [7, 11) is 0. The first kappa shape index (κ1) is 25.5. The van der Waals surface area contributed by atoms with Gasteiger partial charge in [0.1, 0.15) is 11.6 Å². The largest absolute Gasteiger partial charge is 0.493 e. The lowest BCUT2D eigenvalue weighted by molar-refractivity contribution is -0.267. The van der Waals surface area contributed by atoms with Crippen LogP contribution >= 0.6 is 0 Å². The van der Waals surface area contributed by atoms with E-state index in [1.807, 2.05) is 6.92 Å². The zero-order valence-electron chi connectivity index (χ0n) is 19.2. The number of hydrogen-bond donors (Lipinski definition) is 1. The monoisotopic (exact) mass is 469 g/mol. The van der Waals surface area contributed by atoms with Gasteiger partial charge in [-0.05, 0) is 75.8 Å². The minimum absolute atomic E-state index is 0.0478. The zero-order valence-corrected chi connectivity index (χ0v) is 19.2. The van der Waals surface area contributed by atoms with Crippen LogP contribution in [0.15, 0.2) is 36.4 Å². The zero-order chi connectivity index (χ0) is 24.3. The molecule has 33 heavy (non-hydrogen) atoms. The molecule has 2 aromatic rings. The van der Waals surface area contributed by atoms with Gasteiger partial charge in [0.25, 0.3) is 0 Å². The van der Waals surface area contributed by atoms with E-state index in [0.717, 1.165) is 11.6 Å². The fourth-order valence-corrected chi connectivity index (χ4v) is 3.68. The average Bonchev–Trinajstić information content (AvgIpc) is 2.74. The second kappa shape index (κ2) is 9.99. The molecule has 0 radical (unpaired) electrons. The fraction of sp³-hybridized carbons (Fsp3) is 0.520. The SMILES string of the molecule is Cc1ccc(F)c(CCCOc2ccc(CCC3(N)COC(C)(C)OC3)cc2C(F)(F)F)c1. The molecule has 0 saturated carbocycles. The fourth-order valence-electron chi connectivity index (χ4n) is 3.68. The minimum atomic E-state index is -4.56.